The van der Waals surface area contributed by atoms with Crippen molar-refractivity contribution in [3.05, 3.63) is 67.7 Å². The van der Waals surface area contributed by atoms with E-state index in [9.17, 15) is 14.9 Å². The van der Waals surface area contributed by atoms with Crippen LogP contribution in [0.5, 0.6) is 5.75 Å². The summed E-state index contributed by atoms with van der Waals surface area (Å²) in [6.45, 7) is 2.95. The summed E-state index contributed by atoms with van der Waals surface area (Å²) in [5.41, 5.74) is 3.62. The number of hydrazone groups is 1. The third kappa shape index (κ3) is 6.90. The minimum Gasteiger partial charge on any atom is -0.486 e. The van der Waals surface area contributed by atoms with E-state index in [1.807, 2.05) is 4.90 Å². The van der Waals surface area contributed by atoms with Crippen LogP contribution in [-0.4, -0.2) is 54.8 Å². The van der Waals surface area contributed by atoms with Crippen LogP contribution < -0.4 is 10.2 Å². The SMILES string of the molecule is O=C(CN1CCOCC1)N/N=C/c1cc(Cl)c(OCc2cccc([N+](=O)[O-])c2)c(Cl)c1. The number of nitro benzene ring substituents is 1. The summed E-state index contributed by atoms with van der Waals surface area (Å²) in [7, 11) is 0. The highest BCUT2D eigenvalue weighted by molar-refractivity contribution is 6.37. The smallest absolute Gasteiger partial charge is 0.269 e. The first-order valence-corrected chi connectivity index (χ1v) is 10.1. The maximum Gasteiger partial charge on any atom is 0.269 e. The first-order chi connectivity index (χ1) is 14.9. The monoisotopic (exact) mass is 466 g/mol. The summed E-state index contributed by atoms with van der Waals surface area (Å²) in [5, 5.41) is 15.3. The maximum atomic E-state index is 12.0. The number of halogens is 2. The molecule has 1 fully saturated rings. The van der Waals surface area contributed by atoms with E-state index < -0.39 is 4.92 Å². The zero-order valence-electron chi connectivity index (χ0n) is 16.4. The number of hydrogen-bond acceptors (Lipinski definition) is 7. The van der Waals surface area contributed by atoms with Gasteiger partial charge >= 0.3 is 0 Å². The van der Waals surface area contributed by atoms with E-state index in [0.717, 1.165) is 0 Å². The second-order valence-corrected chi connectivity index (χ2v) is 7.53. The van der Waals surface area contributed by atoms with E-state index in [0.29, 0.717) is 37.4 Å². The topological polar surface area (TPSA) is 106 Å². The Morgan fingerprint density at radius 3 is 2.65 bits per heavy atom. The van der Waals surface area contributed by atoms with Gasteiger partial charge in [0.2, 0.25) is 0 Å². The molecule has 1 amide bonds. The number of nitro groups is 1. The Hall–Kier alpha value is -2.72. The molecule has 3 rings (SSSR count). The second kappa shape index (κ2) is 11.1. The Balaban J connectivity index is 1.56. The highest BCUT2D eigenvalue weighted by atomic mass is 35.5. The van der Waals surface area contributed by atoms with Gasteiger partial charge in [-0.05, 0) is 23.3 Å². The number of nitrogens with zero attached hydrogens (tertiary/aromatic N) is 3. The third-order valence-corrected chi connectivity index (χ3v) is 4.96. The number of amides is 1. The molecule has 1 aliphatic heterocycles. The van der Waals surface area contributed by atoms with E-state index in [-0.39, 0.29) is 40.5 Å². The molecule has 0 spiro atoms. The number of carbonyl (C=O) groups is 1. The van der Waals surface area contributed by atoms with Crippen molar-refractivity contribution in [2.45, 2.75) is 6.61 Å². The van der Waals surface area contributed by atoms with Gasteiger partial charge in [-0.2, -0.15) is 5.10 Å². The normalized spacial score (nSPS) is 14.5. The summed E-state index contributed by atoms with van der Waals surface area (Å²) >= 11 is 12.5. The Morgan fingerprint density at radius 1 is 1.26 bits per heavy atom. The third-order valence-electron chi connectivity index (χ3n) is 4.40. The molecule has 0 bridgehead atoms. The molecule has 9 nitrogen and oxygen atoms in total. The van der Waals surface area contributed by atoms with Crippen molar-refractivity contribution in [3.63, 3.8) is 0 Å². The fourth-order valence-corrected chi connectivity index (χ4v) is 3.50. The van der Waals surface area contributed by atoms with E-state index in [1.54, 1.807) is 24.3 Å². The van der Waals surface area contributed by atoms with Gasteiger partial charge in [-0.15, -0.1) is 0 Å². The highest BCUT2D eigenvalue weighted by Gasteiger charge is 2.14. The predicted molar refractivity (Wildman–Crippen MR) is 117 cm³/mol. The van der Waals surface area contributed by atoms with E-state index in [1.165, 1.54) is 18.3 Å². The number of non-ortho nitro benzene ring substituents is 1. The van der Waals surface area contributed by atoms with Crippen molar-refractivity contribution in [1.82, 2.24) is 10.3 Å². The van der Waals surface area contributed by atoms with Gasteiger partial charge in [-0.25, -0.2) is 5.43 Å². The van der Waals surface area contributed by atoms with Crippen LogP contribution in [0.25, 0.3) is 0 Å². The van der Waals surface area contributed by atoms with Crippen molar-refractivity contribution in [3.8, 4) is 5.75 Å². The first-order valence-electron chi connectivity index (χ1n) is 9.39. The maximum absolute atomic E-state index is 12.0. The Bertz CT molecular complexity index is 957. The number of morpholine rings is 1. The van der Waals surface area contributed by atoms with Gasteiger partial charge in [0.15, 0.2) is 5.75 Å². The lowest BCUT2D eigenvalue weighted by atomic mass is 10.2. The number of nitrogens with one attached hydrogen (secondary N) is 1. The molecule has 2 aromatic rings. The van der Waals surface area contributed by atoms with Crippen LogP contribution in [0.2, 0.25) is 10.0 Å². The lowest BCUT2D eigenvalue weighted by Crippen LogP contribution is -2.42. The summed E-state index contributed by atoms with van der Waals surface area (Å²) < 4.78 is 10.9. The molecule has 0 saturated carbocycles. The van der Waals surface area contributed by atoms with Gasteiger partial charge in [0.25, 0.3) is 11.6 Å². The molecule has 11 heteroatoms. The first kappa shape index (κ1) is 23.0. The largest absolute Gasteiger partial charge is 0.486 e. The van der Waals surface area contributed by atoms with E-state index in [4.69, 9.17) is 32.7 Å². The Labute approximate surface area is 188 Å². The summed E-state index contributed by atoms with van der Waals surface area (Å²) in [4.78, 5) is 24.3. The second-order valence-electron chi connectivity index (χ2n) is 6.71. The summed E-state index contributed by atoms with van der Waals surface area (Å²) in [6, 6.07) is 9.28. The highest BCUT2D eigenvalue weighted by Crippen LogP contribution is 2.34. The molecule has 0 unspecified atom stereocenters. The average molecular weight is 467 g/mol. The minimum absolute atomic E-state index is 0.0273. The number of rotatable bonds is 8. The van der Waals surface area contributed by atoms with Crippen LogP contribution in [-0.2, 0) is 16.1 Å². The van der Waals surface area contributed by atoms with E-state index in [2.05, 4.69) is 10.5 Å². The van der Waals surface area contributed by atoms with Crippen LogP contribution in [0.15, 0.2) is 41.5 Å². The van der Waals surface area contributed by atoms with Gasteiger partial charge in [0.05, 0.1) is 40.9 Å². The van der Waals surface area contributed by atoms with Gasteiger partial charge in [-0.1, -0.05) is 35.3 Å². The van der Waals surface area contributed by atoms with Crippen LogP contribution in [0.1, 0.15) is 11.1 Å². The number of carbonyl (C=O) groups excluding carboxylic acids is 1. The molecule has 1 saturated heterocycles. The van der Waals surface area contributed by atoms with Crippen molar-refractivity contribution in [2.24, 2.45) is 5.10 Å². The molecule has 164 valence electrons. The zero-order valence-corrected chi connectivity index (χ0v) is 17.9. The Kier molecular flexibility index (Phi) is 8.19. The van der Waals surface area contributed by atoms with Crippen LogP contribution in [0.4, 0.5) is 5.69 Å². The van der Waals surface area contributed by atoms with Gasteiger partial charge < -0.3 is 9.47 Å². The Morgan fingerprint density at radius 2 is 1.97 bits per heavy atom. The van der Waals surface area contributed by atoms with Gasteiger partial charge in [0.1, 0.15) is 6.61 Å². The minimum atomic E-state index is -0.475. The van der Waals surface area contributed by atoms with Gasteiger partial charge in [0, 0.05) is 25.2 Å². The molecule has 0 aliphatic carbocycles. The van der Waals surface area contributed by atoms with E-state index >= 15 is 0 Å². The molecule has 2 aromatic carbocycles. The molecular formula is C20H20Cl2N4O5. The summed E-state index contributed by atoms with van der Waals surface area (Å²) in [5.74, 6) is 0.0237. The van der Waals surface area contributed by atoms with Crippen LogP contribution in [0.3, 0.4) is 0 Å². The molecule has 0 aromatic heterocycles. The molecule has 0 radical (unpaired) electrons. The quantitative estimate of drug-likeness (QED) is 0.363. The lowest BCUT2D eigenvalue weighted by molar-refractivity contribution is -0.384. The van der Waals surface area contributed by atoms with Crippen molar-refractivity contribution >= 4 is 41.0 Å². The molecule has 31 heavy (non-hydrogen) atoms. The zero-order chi connectivity index (χ0) is 22.2. The molecule has 1 N–H and O–H groups in total. The predicted octanol–water partition coefficient (Wildman–Crippen LogP) is 3.26. The fourth-order valence-electron chi connectivity index (χ4n) is 2.88. The average Bonchev–Trinajstić information content (AvgIpc) is 2.74. The summed E-state index contributed by atoms with van der Waals surface area (Å²) in [6.07, 6.45) is 1.43. The standard InChI is InChI=1S/C20H20Cl2N4O5/c21-17-9-15(11-23-24-19(27)12-25-4-6-30-7-5-25)10-18(22)20(17)31-13-14-2-1-3-16(8-14)26(28)29/h1-3,8-11H,4-7,12-13H2,(H,24,27)/b23-11+. The fraction of sp³-hybridized carbons (Fsp3) is 0.300. The van der Waals surface area contributed by atoms with Crippen molar-refractivity contribution in [1.29, 1.82) is 0 Å². The number of hydrogen-bond donors (Lipinski definition) is 1. The number of benzene rings is 2. The van der Waals surface area contributed by atoms with Crippen molar-refractivity contribution < 1.29 is 19.2 Å². The molecule has 1 aliphatic rings. The lowest BCUT2D eigenvalue weighted by Gasteiger charge is -2.25. The molecule has 1 heterocycles. The van der Waals surface area contributed by atoms with Gasteiger partial charge in [-0.3, -0.25) is 19.8 Å². The number of ether oxygens (including phenoxy) is 2. The van der Waals surface area contributed by atoms with Crippen LogP contribution in [0, 0.1) is 10.1 Å². The molecule has 0 atom stereocenters. The van der Waals surface area contributed by atoms with Crippen LogP contribution >= 0.6 is 23.2 Å². The van der Waals surface area contributed by atoms with Crippen molar-refractivity contribution in [2.75, 3.05) is 32.8 Å². The molecular weight excluding hydrogens is 447 g/mol.